The van der Waals surface area contributed by atoms with Gasteiger partial charge in [0.05, 0.1) is 5.69 Å². The molecule has 1 unspecified atom stereocenters. The fourth-order valence-corrected chi connectivity index (χ4v) is 1.94. The molecule has 1 aromatic rings. The van der Waals surface area contributed by atoms with Gasteiger partial charge in [-0.05, 0) is 42.2 Å². The predicted octanol–water partition coefficient (Wildman–Crippen LogP) is 5.42. The molecular weight excluding hydrogens is 315 g/mol. The molecule has 118 valence electrons. The van der Waals surface area contributed by atoms with Crippen LogP contribution in [0.3, 0.4) is 0 Å². The summed E-state index contributed by atoms with van der Waals surface area (Å²) in [5.41, 5.74) is 1.21. The summed E-state index contributed by atoms with van der Waals surface area (Å²) in [5.74, 6) is 1.11. The molecule has 1 aliphatic rings. The molecule has 0 aliphatic heterocycles. The minimum atomic E-state index is -4.63. The number of halogens is 4. The highest BCUT2D eigenvalue weighted by Crippen LogP contribution is 2.25. The van der Waals surface area contributed by atoms with Crippen LogP contribution in [0, 0.1) is 5.92 Å². The molecule has 0 radical (unpaired) electrons. The summed E-state index contributed by atoms with van der Waals surface area (Å²) in [7, 11) is 0. The van der Waals surface area contributed by atoms with Crippen LogP contribution in [0.5, 0.6) is 5.75 Å². The van der Waals surface area contributed by atoms with Crippen LogP contribution in [0.1, 0.15) is 13.3 Å². The second-order valence-corrected chi connectivity index (χ2v) is 5.39. The fraction of sp³-hybridized carbons (Fsp3) is 0.312. The molecule has 6 heteroatoms. The molecule has 0 aromatic heterocycles. The topological polar surface area (TPSA) is 21.6 Å². The number of ether oxygens (including phenoxy) is 1. The maximum Gasteiger partial charge on any atom is 0.444 e. The highest BCUT2D eigenvalue weighted by atomic mass is 35.5. The van der Waals surface area contributed by atoms with Gasteiger partial charge in [-0.25, -0.2) is 4.99 Å². The zero-order valence-corrected chi connectivity index (χ0v) is 12.7. The van der Waals surface area contributed by atoms with Gasteiger partial charge in [0.1, 0.15) is 12.4 Å². The fourth-order valence-electron chi connectivity index (χ4n) is 1.84. The summed E-state index contributed by atoms with van der Waals surface area (Å²) in [4.78, 5) is 3.31. The lowest BCUT2D eigenvalue weighted by atomic mass is 9.99. The van der Waals surface area contributed by atoms with E-state index < -0.39 is 11.3 Å². The van der Waals surface area contributed by atoms with Crippen LogP contribution in [0.4, 0.5) is 18.9 Å². The maximum atomic E-state index is 12.3. The first-order chi connectivity index (χ1) is 10.3. The molecule has 0 bridgehead atoms. The van der Waals surface area contributed by atoms with Crippen LogP contribution < -0.4 is 4.74 Å². The number of rotatable bonds is 4. The molecule has 0 saturated carbocycles. The highest BCUT2D eigenvalue weighted by Gasteiger charge is 2.34. The van der Waals surface area contributed by atoms with Crippen LogP contribution in [0.15, 0.2) is 53.1 Å². The average Bonchev–Trinajstić information content (AvgIpc) is 2.47. The van der Waals surface area contributed by atoms with Gasteiger partial charge in [0.25, 0.3) is 0 Å². The summed E-state index contributed by atoms with van der Waals surface area (Å²) in [6.45, 7) is 2.56. The van der Waals surface area contributed by atoms with E-state index in [1.807, 2.05) is 6.08 Å². The van der Waals surface area contributed by atoms with E-state index in [9.17, 15) is 13.2 Å². The van der Waals surface area contributed by atoms with E-state index in [0.717, 1.165) is 12.0 Å². The Balaban J connectivity index is 1.94. The lowest BCUT2D eigenvalue weighted by molar-refractivity contribution is -0.0558. The third-order valence-electron chi connectivity index (χ3n) is 3.09. The first kappa shape index (κ1) is 16.6. The van der Waals surface area contributed by atoms with Crippen LogP contribution in [-0.2, 0) is 0 Å². The number of nitrogens with zero attached hydrogens (tertiary/aromatic N) is 1. The van der Waals surface area contributed by atoms with Crippen molar-refractivity contribution < 1.29 is 17.9 Å². The van der Waals surface area contributed by atoms with Crippen LogP contribution >= 0.6 is 11.6 Å². The van der Waals surface area contributed by atoms with Gasteiger partial charge in [0, 0.05) is 0 Å². The molecule has 1 atom stereocenters. The molecule has 2 rings (SSSR count). The third kappa shape index (κ3) is 4.91. The lowest BCUT2D eigenvalue weighted by Crippen LogP contribution is -2.16. The minimum Gasteiger partial charge on any atom is -0.489 e. The van der Waals surface area contributed by atoms with Crippen LogP contribution in [0.2, 0.25) is 0 Å². The first-order valence-corrected chi connectivity index (χ1v) is 7.14. The molecule has 0 heterocycles. The van der Waals surface area contributed by atoms with Crippen molar-refractivity contribution in [1.29, 1.82) is 0 Å². The number of allylic oxidation sites excluding steroid dienone is 2. The van der Waals surface area contributed by atoms with Crippen molar-refractivity contribution in [2.45, 2.75) is 19.5 Å². The van der Waals surface area contributed by atoms with Crippen molar-refractivity contribution >= 4 is 22.5 Å². The van der Waals surface area contributed by atoms with Gasteiger partial charge in [-0.3, -0.25) is 0 Å². The molecular formula is C16H15ClF3NO. The number of aliphatic imine (C=N–C) groups is 1. The Morgan fingerprint density at radius 1 is 1.32 bits per heavy atom. The Morgan fingerprint density at radius 2 is 2.00 bits per heavy atom. The number of alkyl halides is 3. The molecule has 1 aliphatic carbocycles. The summed E-state index contributed by atoms with van der Waals surface area (Å²) in [6.07, 6.45) is 2.62. The first-order valence-electron chi connectivity index (χ1n) is 6.76. The minimum absolute atomic E-state index is 0.125. The molecule has 22 heavy (non-hydrogen) atoms. The maximum absolute atomic E-state index is 12.3. The summed E-state index contributed by atoms with van der Waals surface area (Å²) in [6, 6.07) is 5.98. The molecule has 2 nitrogen and oxygen atoms in total. The molecule has 0 amide bonds. The van der Waals surface area contributed by atoms with Gasteiger partial charge in [0.15, 0.2) is 0 Å². The Hall–Kier alpha value is -1.75. The summed E-state index contributed by atoms with van der Waals surface area (Å²) < 4.78 is 42.4. The van der Waals surface area contributed by atoms with Crippen molar-refractivity contribution in [2.24, 2.45) is 10.9 Å². The number of hydrogen-bond donors (Lipinski definition) is 0. The van der Waals surface area contributed by atoms with Gasteiger partial charge in [0.2, 0.25) is 5.17 Å². The lowest BCUT2D eigenvalue weighted by Gasteiger charge is -2.12. The van der Waals surface area contributed by atoms with Crippen molar-refractivity contribution in [3.05, 3.63) is 48.1 Å². The van der Waals surface area contributed by atoms with Crippen LogP contribution in [-0.4, -0.2) is 18.0 Å². The number of hydrogen-bond acceptors (Lipinski definition) is 2. The molecule has 0 N–H and O–H groups in total. The zero-order chi connectivity index (χ0) is 16.2. The zero-order valence-electron chi connectivity index (χ0n) is 11.9. The predicted molar refractivity (Wildman–Crippen MR) is 81.9 cm³/mol. The van der Waals surface area contributed by atoms with Gasteiger partial charge >= 0.3 is 6.18 Å². The van der Waals surface area contributed by atoms with Gasteiger partial charge in [-0.2, -0.15) is 13.2 Å². The van der Waals surface area contributed by atoms with E-state index in [1.54, 1.807) is 12.1 Å². The van der Waals surface area contributed by atoms with Gasteiger partial charge < -0.3 is 4.74 Å². The average molecular weight is 330 g/mol. The molecule has 0 saturated heterocycles. The third-order valence-corrected chi connectivity index (χ3v) is 3.39. The van der Waals surface area contributed by atoms with Crippen LogP contribution in [0.25, 0.3) is 0 Å². The van der Waals surface area contributed by atoms with E-state index in [0.29, 0.717) is 18.3 Å². The summed E-state index contributed by atoms with van der Waals surface area (Å²) >= 11 is 5.08. The summed E-state index contributed by atoms with van der Waals surface area (Å²) in [5, 5.41) is -1.40. The van der Waals surface area contributed by atoms with E-state index in [4.69, 9.17) is 16.3 Å². The largest absolute Gasteiger partial charge is 0.489 e. The quantitative estimate of drug-likeness (QED) is 0.676. The Morgan fingerprint density at radius 3 is 2.55 bits per heavy atom. The Kier molecular flexibility index (Phi) is 5.29. The van der Waals surface area contributed by atoms with Crippen molar-refractivity contribution in [1.82, 2.24) is 0 Å². The standard InChI is InChI=1S/C16H15ClF3NO/c1-11-2-4-12(5-3-11)10-22-14-8-6-13(7-9-14)21-15(17)16(18,19)20/h2,4-9,11H,3,10H2,1H3. The highest BCUT2D eigenvalue weighted by molar-refractivity contribution is 6.67. The monoisotopic (exact) mass is 329 g/mol. The van der Waals surface area contributed by atoms with Crippen molar-refractivity contribution in [3.63, 3.8) is 0 Å². The number of benzene rings is 1. The molecule has 0 fully saturated rings. The van der Waals surface area contributed by atoms with Crippen molar-refractivity contribution in [2.75, 3.05) is 6.61 Å². The van der Waals surface area contributed by atoms with Gasteiger partial charge in [-0.15, -0.1) is 0 Å². The second kappa shape index (κ2) is 7.01. The molecule has 0 spiro atoms. The Bertz CT molecular complexity index is 603. The van der Waals surface area contributed by atoms with E-state index in [-0.39, 0.29) is 5.69 Å². The normalized spacial score (nSPS) is 19.0. The van der Waals surface area contributed by atoms with Crippen molar-refractivity contribution in [3.8, 4) is 5.75 Å². The Labute approximate surface area is 132 Å². The molecule has 1 aromatic carbocycles. The van der Waals surface area contributed by atoms with E-state index in [2.05, 4.69) is 24.1 Å². The van der Waals surface area contributed by atoms with E-state index in [1.165, 1.54) is 12.1 Å². The second-order valence-electron chi connectivity index (χ2n) is 5.03. The van der Waals surface area contributed by atoms with E-state index >= 15 is 0 Å². The van der Waals surface area contributed by atoms with Gasteiger partial charge in [-0.1, -0.05) is 36.8 Å². The SMILES string of the molecule is CC1C=CC(COc2ccc(N=C(Cl)C(F)(F)F)cc2)=CC1. The smallest absolute Gasteiger partial charge is 0.444 e.